The molecule has 1 unspecified atom stereocenters. The highest BCUT2D eigenvalue weighted by Crippen LogP contribution is 2.17. The Morgan fingerprint density at radius 1 is 1.07 bits per heavy atom. The fraction of sp³-hybridized carbons (Fsp3) is 0.364. The predicted octanol–water partition coefficient (Wildman–Crippen LogP) is 2.81. The Kier molecular flexibility index (Phi) is 9.51. The summed E-state index contributed by atoms with van der Waals surface area (Å²) in [5.41, 5.74) is 4.63. The molecule has 7 heteroatoms. The molecule has 0 bridgehead atoms. The summed E-state index contributed by atoms with van der Waals surface area (Å²) in [6.07, 6.45) is 2.89. The Labute approximate surface area is 182 Å². The maximum Gasteiger partial charge on any atom is 0.242 e. The van der Waals surface area contributed by atoms with Crippen LogP contribution in [-0.2, 0) is 35.6 Å². The average molecular weight is 434 g/mol. The van der Waals surface area contributed by atoms with Crippen LogP contribution in [0.2, 0.25) is 0 Å². The van der Waals surface area contributed by atoms with Gasteiger partial charge in [0, 0.05) is 19.6 Å². The van der Waals surface area contributed by atoms with Crippen LogP contribution >= 0.6 is 24.2 Å². The topological polar surface area (TPSA) is 70.2 Å². The number of hydrogen-bond acceptors (Lipinski definition) is 4. The molecule has 5 nitrogen and oxygen atoms in total. The fourth-order valence-corrected chi connectivity index (χ4v) is 3.77. The van der Waals surface area contributed by atoms with Gasteiger partial charge in [0.05, 0.1) is 6.42 Å². The van der Waals surface area contributed by atoms with Crippen molar-refractivity contribution in [2.45, 2.75) is 38.5 Å². The summed E-state index contributed by atoms with van der Waals surface area (Å²) in [6.45, 7) is 2.26. The smallest absolute Gasteiger partial charge is 0.242 e. The van der Waals surface area contributed by atoms with Crippen LogP contribution in [-0.4, -0.2) is 29.9 Å². The summed E-state index contributed by atoms with van der Waals surface area (Å²) in [7, 11) is 0. The lowest BCUT2D eigenvalue weighted by Gasteiger charge is -2.18. The van der Waals surface area contributed by atoms with Crippen molar-refractivity contribution >= 4 is 36.0 Å². The largest absolute Gasteiger partial charge is 0.350 e. The van der Waals surface area contributed by atoms with Crippen molar-refractivity contribution in [1.29, 1.82) is 0 Å². The summed E-state index contributed by atoms with van der Waals surface area (Å²) >= 11 is 1.67. The van der Waals surface area contributed by atoms with E-state index < -0.39 is 6.04 Å². The number of carbonyl (C=O) groups excluding carboxylic acids is 2. The number of benzene rings is 2. The minimum absolute atomic E-state index is 0. The minimum atomic E-state index is -0.514. The Morgan fingerprint density at radius 3 is 2.59 bits per heavy atom. The Hall–Kier alpha value is -2.02. The molecule has 2 amide bonds. The molecule has 1 aliphatic heterocycles. The molecule has 0 fully saturated rings. The van der Waals surface area contributed by atoms with Crippen molar-refractivity contribution in [1.82, 2.24) is 16.0 Å². The summed E-state index contributed by atoms with van der Waals surface area (Å²) in [5, 5.41) is 9.21. The number of amides is 2. The number of nitrogens with one attached hydrogen (secondary N) is 3. The van der Waals surface area contributed by atoms with E-state index in [4.69, 9.17) is 0 Å². The van der Waals surface area contributed by atoms with Crippen molar-refractivity contribution in [2.75, 3.05) is 12.0 Å². The number of hydrogen-bond donors (Lipinski definition) is 3. The highest BCUT2D eigenvalue weighted by molar-refractivity contribution is 7.98. The molecule has 3 N–H and O–H groups in total. The van der Waals surface area contributed by atoms with Crippen LogP contribution in [0.5, 0.6) is 0 Å². The summed E-state index contributed by atoms with van der Waals surface area (Å²) in [4.78, 5) is 25.1. The van der Waals surface area contributed by atoms with Gasteiger partial charge in [-0.25, -0.2) is 0 Å². The molecular formula is C22H28ClN3O2S. The van der Waals surface area contributed by atoms with Crippen LogP contribution in [0.4, 0.5) is 0 Å². The van der Waals surface area contributed by atoms with Gasteiger partial charge in [-0.15, -0.1) is 12.4 Å². The maximum atomic E-state index is 12.7. The van der Waals surface area contributed by atoms with E-state index in [1.807, 2.05) is 36.6 Å². The minimum Gasteiger partial charge on any atom is -0.350 e. The van der Waals surface area contributed by atoms with Gasteiger partial charge in [-0.3, -0.25) is 9.59 Å². The zero-order valence-electron chi connectivity index (χ0n) is 16.6. The second kappa shape index (κ2) is 11.9. The van der Waals surface area contributed by atoms with Gasteiger partial charge in [0.1, 0.15) is 6.04 Å². The Balaban J connectivity index is 0.00000300. The molecule has 0 saturated carbocycles. The maximum absolute atomic E-state index is 12.7. The standard InChI is InChI=1S/C22H27N3O2S.ClH/c1-28-10-9-20(25-21(26)12-16-5-3-2-4-6-16)22(27)24-13-17-7-8-18-14-23-15-19(18)11-17;/h2-8,11,20,23H,9-10,12-15H2,1H3,(H,24,27)(H,25,26);1H. The van der Waals surface area contributed by atoms with Gasteiger partial charge in [-0.2, -0.15) is 11.8 Å². The van der Waals surface area contributed by atoms with Gasteiger partial charge < -0.3 is 16.0 Å². The van der Waals surface area contributed by atoms with Crippen LogP contribution in [0, 0.1) is 0 Å². The molecule has 29 heavy (non-hydrogen) atoms. The Morgan fingerprint density at radius 2 is 1.83 bits per heavy atom. The molecule has 2 aromatic carbocycles. The molecular weight excluding hydrogens is 406 g/mol. The van der Waals surface area contributed by atoms with E-state index in [0.29, 0.717) is 13.0 Å². The van der Waals surface area contributed by atoms with E-state index in [0.717, 1.165) is 30.0 Å². The van der Waals surface area contributed by atoms with E-state index in [1.165, 1.54) is 11.1 Å². The van der Waals surface area contributed by atoms with E-state index in [9.17, 15) is 9.59 Å². The average Bonchev–Trinajstić information content (AvgIpc) is 3.18. The van der Waals surface area contributed by atoms with Crippen LogP contribution in [0.15, 0.2) is 48.5 Å². The van der Waals surface area contributed by atoms with Crippen molar-refractivity contribution in [3.8, 4) is 0 Å². The predicted molar refractivity (Wildman–Crippen MR) is 121 cm³/mol. The third-order valence-corrected chi connectivity index (χ3v) is 5.48. The number of fused-ring (bicyclic) bond motifs is 1. The second-order valence-corrected chi connectivity index (χ2v) is 7.97. The lowest BCUT2D eigenvalue weighted by atomic mass is 10.1. The lowest BCUT2D eigenvalue weighted by Crippen LogP contribution is -2.47. The molecule has 0 radical (unpaired) electrons. The summed E-state index contributed by atoms with van der Waals surface area (Å²) in [6, 6.07) is 15.4. The molecule has 0 spiro atoms. The number of carbonyl (C=O) groups is 2. The molecule has 0 aliphatic carbocycles. The Bertz CT molecular complexity index is 817. The lowest BCUT2D eigenvalue weighted by molar-refractivity contribution is -0.128. The SMILES string of the molecule is CSCCC(NC(=O)Cc1ccccc1)C(=O)NCc1ccc2c(c1)CNC2.Cl. The van der Waals surface area contributed by atoms with Gasteiger partial charge in [0.25, 0.3) is 0 Å². The van der Waals surface area contributed by atoms with Crippen molar-refractivity contribution in [2.24, 2.45) is 0 Å². The number of thioether (sulfide) groups is 1. The molecule has 0 aromatic heterocycles. The molecule has 1 aliphatic rings. The quantitative estimate of drug-likeness (QED) is 0.568. The second-order valence-electron chi connectivity index (χ2n) is 6.99. The van der Waals surface area contributed by atoms with Gasteiger partial charge in [0.2, 0.25) is 11.8 Å². The normalized spacial score (nSPS) is 13.1. The zero-order valence-corrected chi connectivity index (χ0v) is 18.2. The van der Waals surface area contributed by atoms with Gasteiger partial charge in [-0.05, 0) is 40.7 Å². The van der Waals surface area contributed by atoms with Gasteiger partial charge in [0.15, 0.2) is 0 Å². The first-order chi connectivity index (χ1) is 13.7. The molecule has 2 aromatic rings. The van der Waals surface area contributed by atoms with Crippen molar-refractivity contribution in [3.63, 3.8) is 0 Å². The third-order valence-electron chi connectivity index (χ3n) is 4.84. The van der Waals surface area contributed by atoms with Crippen LogP contribution in [0.3, 0.4) is 0 Å². The number of halogens is 1. The first-order valence-corrected chi connectivity index (χ1v) is 11.0. The van der Waals surface area contributed by atoms with E-state index in [2.05, 4.69) is 34.1 Å². The van der Waals surface area contributed by atoms with Gasteiger partial charge >= 0.3 is 0 Å². The highest BCUT2D eigenvalue weighted by Gasteiger charge is 2.20. The van der Waals surface area contributed by atoms with Gasteiger partial charge in [-0.1, -0.05) is 48.5 Å². The summed E-state index contributed by atoms with van der Waals surface area (Å²) in [5.74, 6) is 0.555. The summed E-state index contributed by atoms with van der Waals surface area (Å²) < 4.78 is 0. The van der Waals surface area contributed by atoms with E-state index in [-0.39, 0.29) is 30.6 Å². The molecule has 1 heterocycles. The fourth-order valence-electron chi connectivity index (χ4n) is 3.30. The highest BCUT2D eigenvalue weighted by atomic mass is 35.5. The van der Waals surface area contributed by atoms with E-state index in [1.54, 1.807) is 11.8 Å². The molecule has 0 saturated heterocycles. The van der Waals surface area contributed by atoms with Crippen LogP contribution in [0.25, 0.3) is 0 Å². The van der Waals surface area contributed by atoms with Crippen LogP contribution < -0.4 is 16.0 Å². The molecule has 156 valence electrons. The first kappa shape index (κ1) is 23.3. The van der Waals surface area contributed by atoms with E-state index >= 15 is 0 Å². The molecule has 1 atom stereocenters. The van der Waals surface area contributed by atoms with Crippen molar-refractivity contribution < 1.29 is 9.59 Å². The third kappa shape index (κ3) is 7.07. The molecule has 3 rings (SSSR count). The zero-order chi connectivity index (χ0) is 19.8. The monoisotopic (exact) mass is 433 g/mol. The first-order valence-electron chi connectivity index (χ1n) is 9.57. The van der Waals surface area contributed by atoms with Crippen LogP contribution in [0.1, 0.15) is 28.7 Å². The van der Waals surface area contributed by atoms with Crippen molar-refractivity contribution in [3.05, 3.63) is 70.8 Å². The number of rotatable bonds is 9.